The van der Waals surface area contributed by atoms with Gasteiger partial charge in [-0.15, -0.1) is 0 Å². The molecule has 0 N–H and O–H groups in total. The number of hydrogen-bond donors (Lipinski definition) is 0. The van der Waals surface area contributed by atoms with Crippen molar-refractivity contribution in [1.82, 2.24) is 9.78 Å². The van der Waals surface area contributed by atoms with E-state index in [1.807, 2.05) is 6.92 Å². The minimum atomic E-state index is -2.66. The normalized spacial score (nSPS) is 32.9. The zero-order chi connectivity index (χ0) is 9.38. The van der Waals surface area contributed by atoms with E-state index < -0.39 is 11.8 Å². The molecule has 1 fully saturated rings. The molecule has 1 saturated carbocycles. The highest BCUT2D eigenvalue weighted by molar-refractivity contribution is 5.44. The van der Waals surface area contributed by atoms with Crippen LogP contribution < -0.4 is 0 Å². The first-order valence-electron chi connectivity index (χ1n) is 4.45. The average molecular weight is 184 g/mol. The summed E-state index contributed by atoms with van der Waals surface area (Å²) in [5, 5.41) is 3.89. The van der Waals surface area contributed by atoms with Gasteiger partial charge in [-0.3, -0.25) is 4.68 Å². The van der Waals surface area contributed by atoms with Gasteiger partial charge in [0.05, 0.1) is 0 Å². The molecular formula is C9H10F2N2. The fraction of sp³-hybridized carbons (Fsp3) is 0.667. The predicted molar refractivity (Wildman–Crippen MR) is 42.7 cm³/mol. The smallest absolute Gasteiger partial charge is 0.272 e. The molecule has 1 heterocycles. The van der Waals surface area contributed by atoms with Gasteiger partial charge < -0.3 is 0 Å². The maximum Gasteiger partial charge on any atom is 0.295 e. The fourth-order valence-corrected chi connectivity index (χ4v) is 2.41. The lowest BCUT2D eigenvalue weighted by atomic mass is 10.1. The SMILES string of the molecule is Cc1c2c(nn1C)C(F)(F)[C@@H]1C[C@H]21. The van der Waals surface area contributed by atoms with Crippen LogP contribution in [0.1, 0.15) is 29.3 Å². The number of aryl methyl sites for hydroxylation is 1. The molecule has 0 spiro atoms. The summed E-state index contributed by atoms with van der Waals surface area (Å²) in [5.41, 5.74) is 1.76. The highest BCUT2D eigenvalue weighted by Gasteiger charge is 2.66. The number of halogens is 2. The summed E-state index contributed by atoms with van der Waals surface area (Å²) in [6.45, 7) is 1.86. The number of aromatic nitrogens is 2. The third-order valence-electron chi connectivity index (χ3n) is 3.32. The second kappa shape index (κ2) is 1.79. The van der Waals surface area contributed by atoms with Gasteiger partial charge in [-0.25, -0.2) is 0 Å². The van der Waals surface area contributed by atoms with Gasteiger partial charge in [0, 0.05) is 24.2 Å². The molecular weight excluding hydrogens is 174 g/mol. The average Bonchev–Trinajstić information content (AvgIpc) is 2.73. The summed E-state index contributed by atoms with van der Waals surface area (Å²) < 4.78 is 28.5. The molecule has 4 heteroatoms. The molecule has 2 aliphatic carbocycles. The molecule has 3 rings (SSSR count). The van der Waals surface area contributed by atoms with Crippen LogP contribution in [0.4, 0.5) is 8.78 Å². The van der Waals surface area contributed by atoms with Gasteiger partial charge in [-0.2, -0.15) is 13.9 Å². The van der Waals surface area contributed by atoms with E-state index in [4.69, 9.17) is 0 Å². The summed E-state index contributed by atoms with van der Waals surface area (Å²) in [6, 6.07) is 0. The molecule has 0 saturated heterocycles. The Hall–Kier alpha value is -0.930. The molecule has 2 atom stereocenters. The topological polar surface area (TPSA) is 17.8 Å². The van der Waals surface area contributed by atoms with E-state index >= 15 is 0 Å². The Kier molecular flexibility index (Phi) is 1.03. The van der Waals surface area contributed by atoms with Crippen LogP contribution in [-0.4, -0.2) is 9.78 Å². The molecule has 13 heavy (non-hydrogen) atoms. The Bertz CT molecular complexity index is 395. The maximum atomic E-state index is 13.5. The van der Waals surface area contributed by atoms with Gasteiger partial charge in [0.25, 0.3) is 5.92 Å². The fourth-order valence-electron chi connectivity index (χ4n) is 2.41. The summed E-state index contributed by atoms with van der Waals surface area (Å²) in [5.74, 6) is -3.00. The van der Waals surface area contributed by atoms with Gasteiger partial charge in [0.15, 0.2) is 0 Å². The first kappa shape index (κ1) is 7.47. The number of fused-ring (bicyclic) bond motifs is 3. The highest BCUT2D eigenvalue weighted by Crippen LogP contribution is 2.67. The Morgan fingerprint density at radius 3 is 2.85 bits per heavy atom. The van der Waals surface area contributed by atoms with Crippen molar-refractivity contribution in [2.75, 3.05) is 0 Å². The van der Waals surface area contributed by atoms with Crippen LogP contribution in [-0.2, 0) is 13.0 Å². The molecule has 70 valence electrons. The van der Waals surface area contributed by atoms with E-state index in [9.17, 15) is 8.78 Å². The number of nitrogens with zero attached hydrogens (tertiary/aromatic N) is 2. The number of rotatable bonds is 0. The van der Waals surface area contributed by atoms with Gasteiger partial charge in [-0.1, -0.05) is 0 Å². The molecule has 0 aliphatic heterocycles. The van der Waals surface area contributed by atoms with E-state index in [0.717, 1.165) is 11.3 Å². The lowest BCUT2D eigenvalue weighted by Gasteiger charge is -2.08. The summed E-state index contributed by atoms with van der Waals surface area (Å²) in [6.07, 6.45) is 0.645. The lowest BCUT2D eigenvalue weighted by Crippen LogP contribution is -2.14. The predicted octanol–water partition coefficient (Wildman–Crippen LogP) is 1.94. The number of hydrogen-bond acceptors (Lipinski definition) is 1. The van der Waals surface area contributed by atoms with Crippen molar-refractivity contribution in [3.63, 3.8) is 0 Å². The maximum absolute atomic E-state index is 13.5. The van der Waals surface area contributed by atoms with Crippen LogP contribution in [0.15, 0.2) is 0 Å². The number of alkyl halides is 2. The van der Waals surface area contributed by atoms with Crippen molar-refractivity contribution in [3.05, 3.63) is 17.0 Å². The summed E-state index contributed by atoms with van der Waals surface area (Å²) in [4.78, 5) is 0. The van der Waals surface area contributed by atoms with Crippen molar-refractivity contribution in [2.45, 2.75) is 25.2 Å². The summed E-state index contributed by atoms with van der Waals surface area (Å²) >= 11 is 0. The Morgan fingerprint density at radius 1 is 1.54 bits per heavy atom. The first-order chi connectivity index (χ1) is 6.03. The molecule has 0 radical (unpaired) electrons. The van der Waals surface area contributed by atoms with Crippen LogP contribution in [0.5, 0.6) is 0 Å². The van der Waals surface area contributed by atoms with E-state index in [-0.39, 0.29) is 11.6 Å². The Morgan fingerprint density at radius 2 is 2.23 bits per heavy atom. The third-order valence-corrected chi connectivity index (χ3v) is 3.32. The van der Waals surface area contributed by atoms with Crippen molar-refractivity contribution in [1.29, 1.82) is 0 Å². The van der Waals surface area contributed by atoms with Crippen LogP contribution in [0, 0.1) is 12.8 Å². The van der Waals surface area contributed by atoms with Crippen molar-refractivity contribution in [2.24, 2.45) is 13.0 Å². The second-order valence-corrected chi connectivity index (χ2v) is 4.04. The molecule has 0 amide bonds. The minimum absolute atomic E-state index is 0.0359. The largest absolute Gasteiger partial charge is 0.295 e. The quantitative estimate of drug-likeness (QED) is 0.602. The molecule has 0 unspecified atom stereocenters. The van der Waals surface area contributed by atoms with Gasteiger partial charge in [0.2, 0.25) is 0 Å². The standard InChI is InChI=1S/C9H10F2N2/c1-4-7-5-3-6(5)9(10,11)8(7)12-13(4)2/h5-6H,3H2,1-2H3/t5-,6+/m0/s1. The van der Waals surface area contributed by atoms with Gasteiger partial charge in [-0.05, 0) is 19.3 Å². The van der Waals surface area contributed by atoms with Crippen molar-refractivity contribution >= 4 is 0 Å². The molecule has 1 aromatic rings. The molecule has 2 aliphatic rings. The van der Waals surface area contributed by atoms with E-state index in [2.05, 4.69) is 5.10 Å². The van der Waals surface area contributed by atoms with Crippen molar-refractivity contribution < 1.29 is 8.78 Å². The van der Waals surface area contributed by atoms with Crippen LogP contribution in [0.3, 0.4) is 0 Å². The summed E-state index contributed by atoms with van der Waals surface area (Å²) in [7, 11) is 1.72. The van der Waals surface area contributed by atoms with Crippen LogP contribution in [0.25, 0.3) is 0 Å². The zero-order valence-electron chi connectivity index (χ0n) is 7.51. The second-order valence-electron chi connectivity index (χ2n) is 4.04. The minimum Gasteiger partial charge on any atom is -0.272 e. The zero-order valence-corrected chi connectivity index (χ0v) is 7.51. The van der Waals surface area contributed by atoms with Crippen LogP contribution >= 0.6 is 0 Å². The van der Waals surface area contributed by atoms with Crippen LogP contribution in [0.2, 0.25) is 0 Å². The highest BCUT2D eigenvalue weighted by atomic mass is 19.3. The molecule has 0 bridgehead atoms. The van der Waals surface area contributed by atoms with E-state index in [1.165, 1.54) is 0 Å². The van der Waals surface area contributed by atoms with Gasteiger partial charge >= 0.3 is 0 Å². The first-order valence-corrected chi connectivity index (χ1v) is 4.45. The third kappa shape index (κ3) is 0.663. The monoisotopic (exact) mass is 184 g/mol. The van der Waals surface area contributed by atoms with Crippen molar-refractivity contribution in [3.8, 4) is 0 Å². The van der Waals surface area contributed by atoms with E-state index in [1.54, 1.807) is 11.7 Å². The molecule has 1 aromatic heterocycles. The van der Waals surface area contributed by atoms with Gasteiger partial charge in [0.1, 0.15) is 5.69 Å². The Balaban J connectivity index is 2.28. The Labute approximate surface area is 74.5 Å². The molecule has 2 nitrogen and oxygen atoms in total. The lowest BCUT2D eigenvalue weighted by molar-refractivity contribution is -0.0273. The van der Waals surface area contributed by atoms with E-state index in [0.29, 0.717) is 6.42 Å². The molecule has 0 aromatic carbocycles.